The predicted octanol–water partition coefficient (Wildman–Crippen LogP) is 4.12. The highest BCUT2D eigenvalue weighted by Crippen LogP contribution is 2.30. The number of aromatic amines is 1. The third-order valence-corrected chi connectivity index (χ3v) is 3.52. The lowest BCUT2D eigenvalue weighted by Gasteiger charge is -2.08. The van der Waals surface area contributed by atoms with Gasteiger partial charge in [0.2, 0.25) is 0 Å². The smallest absolute Gasteiger partial charge is 0.153 e. The zero-order chi connectivity index (χ0) is 13.8. The van der Waals surface area contributed by atoms with Crippen LogP contribution in [0.1, 0.15) is 50.8 Å². The number of hydrogen-bond acceptors (Lipinski definition) is 2. The molecule has 2 aromatic rings. The van der Waals surface area contributed by atoms with Gasteiger partial charge in [-0.2, -0.15) is 5.10 Å². The molecule has 0 bridgehead atoms. The summed E-state index contributed by atoms with van der Waals surface area (Å²) in [4.78, 5) is 0. The van der Waals surface area contributed by atoms with Crippen molar-refractivity contribution in [3.8, 4) is 11.1 Å². The van der Waals surface area contributed by atoms with E-state index in [-0.39, 0.29) is 0 Å². The van der Waals surface area contributed by atoms with Crippen molar-refractivity contribution in [3.63, 3.8) is 0 Å². The second-order valence-electron chi connectivity index (χ2n) is 5.34. The van der Waals surface area contributed by atoms with E-state index >= 15 is 0 Å². The third kappa shape index (κ3) is 2.98. The van der Waals surface area contributed by atoms with Crippen LogP contribution in [0.5, 0.6) is 0 Å². The van der Waals surface area contributed by atoms with Gasteiger partial charge in [-0.05, 0) is 29.9 Å². The molecule has 0 saturated heterocycles. The molecule has 3 nitrogen and oxygen atoms in total. The number of unbranched alkanes of at least 4 members (excludes halogenated alkanes) is 1. The van der Waals surface area contributed by atoms with E-state index in [4.69, 9.17) is 5.73 Å². The number of H-pyrrole nitrogens is 1. The summed E-state index contributed by atoms with van der Waals surface area (Å²) in [6.45, 7) is 6.60. The van der Waals surface area contributed by atoms with Crippen molar-refractivity contribution in [2.75, 3.05) is 5.73 Å². The number of aromatic nitrogens is 2. The third-order valence-electron chi connectivity index (χ3n) is 3.52. The fourth-order valence-electron chi connectivity index (χ4n) is 2.29. The molecule has 19 heavy (non-hydrogen) atoms. The van der Waals surface area contributed by atoms with Gasteiger partial charge in [0, 0.05) is 11.3 Å². The Balaban J connectivity index is 2.32. The molecule has 0 aliphatic carbocycles. The molecule has 0 spiro atoms. The van der Waals surface area contributed by atoms with Crippen LogP contribution in [0, 0.1) is 0 Å². The fraction of sp³-hybridized carbons (Fsp3) is 0.438. The van der Waals surface area contributed by atoms with Gasteiger partial charge in [0.05, 0.1) is 0 Å². The minimum atomic E-state index is 0.551. The Morgan fingerprint density at radius 2 is 1.89 bits per heavy atom. The van der Waals surface area contributed by atoms with Crippen LogP contribution in [0.3, 0.4) is 0 Å². The Morgan fingerprint density at radius 1 is 1.21 bits per heavy atom. The summed E-state index contributed by atoms with van der Waals surface area (Å²) in [5.74, 6) is 1.15. The molecule has 0 atom stereocenters. The lowest BCUT2D eigenvalue weighted by atomic mass is 9.97. The van der Waals surface area contributed by atoms with E-state index in [2.05, 4.69) is 55.2 Å². The van der Waals surface area contributed by atoms with E-state index < -0.39 is 0 Å². The summed E-state index contributed by atoms with van der Waals surface area (Å²) in [7, 11) is 0. The highest BCUT2D eigenvalue weighted by molar-refractivity contribution is 5.76. The summed E-state index contributed by atoms with van der Waals surface area (Å²) in [5, 5.41) is 7.23. The molecular weight excluding hydrogens is 234 g/mol. The summed E-state index contributed by atoms with van der Waals surface area (Å²) < 4.78 is 0. The highest BCUT2D eigenvalue weighted by atomic mass is 15.2. The quantitative estimate of drug-likeness (QED) is 0.846. The topological polar surface area (TPSA) is 54.7 Å². The van der Waals surface area contributed by atoms with Crippen molar-refractivity contribution in [3.05, 3.63) is 35.5 Å². The molecule has 0 aliphatic rings. The fourth-order valence-corrected chi connectivity index (χ4v) is 2.29. The predicted molar refractivity (Wildman–Crippen MR) is 81.1 cm³/mol. The molecule has 1 heterocycles. The Morgan fingerprint density at radius 3 is 2.47 bits per heavy atom. The molecule has 0 aliphatic heterocycles. The van der Waals surface area contributed by atoms with Gasteiger partial charge in [-0.3, -0.25) is 5.10 Å². The van der Waals surface area contributed by atoms with Crippen molar-refractivity contribution < 1.29 is 0 Å². The van der Waals surface area contributed by atoms with Crippen LogP contribution in [-0.2, 0) is 6.42 Å². The van der Waals surface area contributed by atoms with Gasteiger partial charge in [0.1, 0.15) is 0 Å². The SMILES string of the molecule is CCCCc1[nH]nc(N)c1-c1ccc(C(C)C)cc1. The van der Waals surface area contributed by atoms with Crippen molar-refractivity contribution in [1.29, 1.82) is 0 Å². The first kappa shape index (κ1) is 13.7. The Hall–Kier alpha value is -1.77. The summed E-state index contributed by atoms with van der Waals surface area (Å²) in [6.07, 6.45) is 3.32. The molecule has 1 aromatic heterocycles. The maximum Gasteiger partial charge on any atom is 0.153 e. The van der Waals surface area contributed by atoms with E-state index in [0.717, 1.165) is 29.7 Å². The van der Waals surface area contributed by atoms with Gasteiger partial charge in [-0.15, -0.1) is 0 Å². The summed E-state index contributed by atoms with van der Waals surface area (Å²) >= 11 is 0. The van der Waals surface area contributed by atoms with Gasteiger partial charge in [0.15, 0.2) is 5.82 Å². The Bertz CT molecular complexity index is 523. The molecule has 2 rings (SSSR count). The number of nitrogens with one attached hydrogen (secondary N) is 1. The minimum absolute atomic E-state index is 0.551. The first-order valence-corrected chi connectivity index (χ1v) is 7.06. The average molecular weight is 257 g/mol. The number of anilines is 1. The van der Waals surface area contributed by atoms with Gasteiger partial charge in [-0.25, -0.2) is 0 Å². The van der Waals surface area contributed by atoms with Crippen LogP contribution in [-0.4, -0.2) is 10.2 Å². The molecule has 3 N–H and O–H groups in total. The van der Waals surface area contributed by atoms with Crippen molar-refractivity contribution in [1.82, 2.24) is 10.2 Å². The van der Waals surface area contributed by atoms with Crippen LogP contribution in [0.4, 0.5) is 5.82 Å². The van der Waals surface area contributed by atoms with E-state index in [0.29, 0.717) is 11.7 Å². The van der Waals surface area contributed by atoms with Gasteiger partial charge in [-0.1, -0.05) is 51.5 Å². The number of nitrogens with zero attached hydrogens (tertiary/aromatic N) is 1. The highest BCUT2D eigenvalue weighted by Gasteiger charge is 2.12. The minimum Gasteiger partial charge on any atom is -0.382 e. The van der Waals surface area contributed by atoms with E-state index in [9.17, 15) is 0 Å². The largest absolute Gasteiger partial charge is 0.382 e. The van der Waals surface area contributed by atoms with Crippen molar-refractivity contribution in [2.24, 2.45) is 0 Å². The van der Waals surface area contributed by atoms with Crippen LogP contribution >= 0.6 is 0 Å². The summed E-state index contributed by atoms with van der Waals surface area (Å²) in [6, 6.07) is 8.64. The molecular formula is C16H23N3. The first-order chi connectivity index (χ1) is 9.13. The normalized spacial score (nSPS) is 11.2. The number of benzene rings is 1. The van der Waals surface area contributed by atoms with E-state index in [1.165, 1.54) is 12.0 Å². The lowest BCUT2D eigenvalue weighted by molar-refractivity contribution is 0.773. The molecule has 0 amide bonds. The Kier molecular flexibility index (Phi) is 4.25. The lowest BCUT2D eigenvalue weighted by Crippen LogP contribution is -1.93. The maximum atomic E-state index is 6.00. The molecule has 0 unspecified atom stereocenters. The average Bonchev–Trinajstić information content (AvgIpc) is 2.77. The zero-order valence-corrected chi connectivity index (χ0v) is 12.0. The second kappa shape index (κ2) is 5.91. The van der Waals surface area contributed by atoms with Gasteiger partial charge in [0.25, 0.3) is 0 Å². The van der Waals surface area contributed by atoms with Crippen LogP contribution in [0.25, 0.3) is 11.1 Å². The van der Waals surface area contributed by atoms with Gasteiger partial charge < -0.3 is 5.73 Å². The van der Waals surface area contributed by atoms with Crippen LogP contribution in [0.2, 0.25) is 0 Å². The molecule has 0 radical (unpaired) electrons. The number of nitrogen functional groups attached to an aromatic ring is 1. The van der Waals surface area contributed by atoms with Crippen molar-refractivity contribution >= 4 is 5.82 Å². The van der Waals surface area contributed by atoms with Gasteiger partial charge >= 0.3 is 0 Å². The van der Waals surface area contributed by atoms with Crippen LogP contribution in [0.15, 0.2) is 24.3 Å². The van der Waals surface area contributed by atoms with E-state index in [1.54, 1.807) is 0 Å². The number of aryl methyl sites for hydroxylation is 1. The maximum absolute atomic E-state index is 6.00. The molecule has 0 fully saturated rings. The molecule has 1 aromatic carbocycles. The molecule has 0 saturated carbocycles. The van der Waals surface area contributed by atoms with Crippen molar-refractivity contribution in [2.45, 2.75) is 46.0 Å². The zero-order valence-electron chi connectivity index (χ0n) is 12.0. The standard InChI is InChI=1S/C16H23N3/c1-4-5-6-14-15(16(17)19-18-14)13-9-7-12(8-10-13)11(2)3/h7-11H,4-6H2,1-3H3,(H3,17,18,19). The second-order valence-corrected chi connectivity index (χ2v) is 5.34. The molecule has 3 heteroatoms. The van der Waals surface area contributed by atoms with E-state index in [1.807, 2.05) is 0 Å². The Labute approximate surface area is 115 Å². The summed E-state index contributed by atoms with van der Waals surface area (Å²) in [5.41, 5.74) is 10.7. The number of hydrogen-bond donors (Lipinski definition) is 2. The first-order valence-electron chi connectivity index (χ1n) is 7.06. The molecule has 102 valence electrons. The monoisotopic (exact) mass is 257 g/mol. The number of rotatable bonds is 5. The van der Waals surface area contributed by atoms with Crippen LogP contribution < -0.4 is 5.73 Å². The number of nitrogens with two attached hydrogens (primary N) is 1.